The molecule has 2 aromatic rings. The van der Waals surface area contributed by atoms with Crippen molar-refractivity contribution < 1.29 is 0 Å². The average molecular weight is 497 g/mol. The number of amidine groups is 1. The Hall–Kier alpha value is -3.11. The molecule has 2 unspecified atom stereocenters. The minimum absolute atomic E-state index is 0.0286. The first-order valence-electron chi connectivity index (χ1n) is 14.1. The van der Waals surface area contributed by atoms with Crippen molar-refractivity contribution in [1.82, 2.24) is 5.43 Å². The maximum absolute atomic E-state index is 5.40. The number of fused-ring (bicyclic) bond motifs is 1. The number of hydrazone groups is 1. The molecule has 37 heavy (non-hydrogen) atoms. The van der Waals surface area contributed by atoms with Gasteiger partial charge in [-0.3, -0.25) is 0 Å². The summed E-state index contributed by atoms with van der Waals surface area (Å²) in [6.45, 7) is 9.31. The molecule has 0 spiro atoms. The lowest BCUT2D eigenvalue weighted by atomic mass is 9.66. The van der Waals surface area contributed by atoms with Crippen LogP contribution in [0.1, 0.15) is 88.2 Å². The molecule has 2 aromatic carbocycles. The van der Waals surface area contributed by atoms with Crippen molar-refractivity contribution in [3.63, 3.8) is 0 Å². The van der Waals surface area contributed by atoms with Gasteiger partial charge in [-0.2, -0.15) is 5.10 Å². The van der Waals surface area contributed by atoms with Gasteiger partial charge in [-0.05, 0) is 66.7 Å². The molecular formula is C33H44N4. The third kappa shape index (κ3) is 5.91. The summed E-state index contributed by atoms with van der Waals surface area (Å²) >= 11 is 0. The van der Waals surface area contributed by atoms with Gasteiger partial charge in [0.05, 0.1) is 0 Å². The summed E-state index contributed by atoms with van der Waals surface area (Å²) in [6.07, 6.45) is 14.0. The molecule has 0 heterocycles. The number of hydrogen-bond acceptors (Lipinski definition) is 3. The van der Waals surface area contributed by atoms with Crippen LogP contribution in [0.3, 0.4) is 0 Å². The zero-order chi connectivity index (χ0) is 26.1. The van der Waals surface area contributed by atoms with Crippen molar-refractivity contribution in [1.29, 1.82) is 0 Å². The molecule has 196 valence electrons. The van der Waals surface area contributed by atoms with E-state index in [4.69, 9.17) is 18.3 Å². The highest BCUT2D eigenvalue weighted by atomic mass is 15.3. The molecule has 2 aliphatic rings. The number of benzene rings is 2. The summed E-state index contributed by atoms with van der Waals surface area (Å²) in [5.74, 6) is 11.8. The third-order valence-electron chi connectivity index (χ3n) is 8.62. The van der Waals surface area contributed by atoms with E-state index in [1.54, 1.807) is 11.1 Å². The predicted molar refractivity (Wildman–Crippen MR) is 158 cm³/mol. The maximum atomic E-state index is 5.40. The predicted octanol–water partition coefficient (Wildman–Crippen LogP) is 7.76. The van der Waals surface area contributed by atoms with Gasteiger partial charge >= 0.3 is 0 Å². The Bertz CT molecular complexity index is 1120. The highest BCUT2D eigenvalue weighted by Gasteiger charge is 2.54. The molecule has 4 heteroatoms. The van der Waals surface area contributed by atoms with Crippen molar-refractivity contribution in [3.8, 4) is 0 Å². The lowest BCUT2D eigenvalue weighted by Crippen LogP contribution is -2.31. The highest BCUT2D eigenvalue weighted by Crippen LogP contribution is 2.67. The molecule has 5 N–H and O–H groups in total. The number of hydrazine groups is 1. The SMILES string of the molecule is C=C1CCC2(C(=C)c3ccccc3)C(c3ccccc3)=C(CCCCCCCCC/C(=N/N)NN)CC12. The second-order valence-electron chi connectivity index (χ2n) is 10.8. The van der Waals surface area contributed by atoms with Gasteiger partial charge in [-0.25, -0.2) is 5.84 Å². The Morgan fingerprint density at radius 3 is 2.19 bits per heavy atom. The van der Waals surface area contributed by atoms with E-state index in [-0.39, 0.29) is 5.41 Å². The first-order chi connectivity index (χ1) is 18.1. The average Bonchev–Trinajstić information content (AvgIpc) is 3.44. The van der Waals surface area contributed by atoms with Gasteiger partial charge in [-0.15, -0.1) is 0 Å². The van der Waals surface area contributed by atoms with E-state index in [1.807, 2.05) is 0 Å². The lowest BCUT2D eigenvalue weighted by molar-refractivity contribution is 0.443. The van der Waals surface area contributed by atoms with Gasteiger partial charge in [-0.1, -0.05) is 117 Å². The van der Waals surface area contributed by atoms with Crippen LogP contribution in [-0.2, 0) is 0 Å². The first kappa shape index (κ1) is 26.9. The zero-order valence-corrected chi connectivity index (χ0v) is 22.4. The van der Waals surface area contributed by atoms with Gasteiger partial charge in [0, 0.05) is 11.8 Å². The Morgan fingerprint density at radius 2 is 1.54 bits per heavy atom. The van der Waals surface area contributed by atoms with Crippen molar-refractivity contribution in [2.24, 2.45) is 28.1 Å². The van der Waals surface area contributed by atoms with Gasteiger partial charge in [0.25, 0.3) is 0 Å². The summed E-state index contributed by atoms with van der Waals surface area (Å²) in [5, 5.41) is 3.65. The number of rotatable bonds is 13. The van der Waals surface area contributed by atoms with Gasteiger partial charge in [0.1, 0.15) is 5.84 Å². The molecular weight excluding hydrogens is 452 g/mol. The monoisotopic (exact) mass is 496 g/mol. The Balaban J connectivity index is 1.43. The number of nitrogens with one attached hydrogen (secondary N) is 1. The van der Waals surface area contributed by atoms with E-state index in [1.165, 1.54) is 67.2 Å². The van der Waals surface area contributed by atoms with Crippen LogP contribution in [0.5, 0.6) is 0 Å². The fraction of sp³-hybridized carbons (Fsp3) is 0.424. The number of nitrogens with two attached hydrogens (primary N) is 2. The Morgan fingerprint density at radius 1 is 0.919 bits per heavy atom. The molecule has 0 aliphatic heterocycles. The molecule has 4 nitrogen and oxygen atoms in total. The Kier molecular flexibility index (Phi) is 9.40. The first-order valence-corrected chi connectivity index (χ1v) is 14.1. The molecule has 1 fully saturated rings. The number of hydrogen-bond donors (Lipinski definition) is 3. The van der Waals surface area contributed by atoms with Crippen LogP contribution in [0.15, 0.2) is 90.1 Å². The van der Waals surface area contributed by atoms with Crippen molar-refractivity contribution in [2.75, 3.05) is 0 Å². The van der Waals surface area contributed by atoms with Crippen LogP contribution in [0.25, 0.3) is 11.1 Å². The smallest absolute Gasteiger partial charge is 0.135 e. The Labute approximate surface area is 223 Å². The lowest BCUT2D eigenvalue weighted by Gasteiger charge is -2.36. The third-order valence-corrected chi connectivity index (χ3v) is 8.62. The minimum atomic E-state index is -0.0286. The molecule has 0 radical (unpaired) electrons. The standard InChI is InChI=1S/C33H44N4/c1-25-22-23-33(26(2)27-16-11-8-12-17-27)30(25)24-29(32(33)28-18-13-9-14-19-28)20-10-6-4-3-5-7-15-21-31(36-34)37-35/h8-9,11-14,16-19,30H,1-7,10,15,20-24,34-35H2,(H,36,37). The maximum Gasteiger partial charge on any atom is 0.135 e. The van der Waals surface area contributed by atoms with Gasteiger partial charge < -0.3 is 11.3 Å². The second-order valence-corrected chi connectivity index (χ2v) is 10.8. The van der Waals surface area contributed by atoms with Gasteiger partial charge in [0.15, 0.2) is 0 Å². The molecule has 0 saturated heterocycles. The number of allylic oxidation sites excluding steroid dienone is 4. The summed E-state index contributed by atoms with van der Waals surface area (Å²) in [4.78, 5) is 0. The van der Waals surface area contributed by atoms with Crippen molar-refractivity contribution in [2.45, 2.75) is 77.0 Å². The van der Waals surface area contributed by atoms with Gasteiger partial charge in [0.2, 0.25) is 0 Å². The summed E-state index contributed by atoms with van der Waals surface area (Å²) < 4.78 is 0. The molecule has 2 aliphatic carbocycles. The zero-order valence-electron chi connectivity index (χ0n) is 22.4. The second kappa shape index (κ2) is 12.9. The van der Waals surface area contributed by atoms with E-state index < -0.39 is 0 Å². The van der Waals surface area contributed by atoms with Crippen LogP contribution in [0.2, 0.25) is 0 Å². The van der Waals surface area contributed by atoms with E-state index in [0.717, 1.165) is 32.1 Å². The minimum Gasteiger partial charge on any atom is -0.322 e. The van der Waals surface area contributed by atoms with E-state index in [9.17, 15) is 0 Å². The van der Waals surface area contributed by atoms with E-state index in [0.29, 0.717) is 11.8 Å². The van der Waals surface area contributed by atoms with Crippen LogP contribution < -0.4 is 17.1 Å². The molecule has 2 atom stereocenters. The summed E-state index contributed by atoms with van der Waals surface area (Å²) in [5.41, 5.74) is 11.0. The number of nitrogens with zero attached hydrogens (tertiary/aromatic N) is 1. The molecule has 0 aromatic heterocycles. The highest BCUT2D eigenvalue weighted by molar-refractivity contribution is 5.91. The van der Waals surface area contributed by atoms with E-state index >= 15 is 0 Å². The topological polar surface area (TPSA) is 76.4 Å². The van der Waals surface area contributed by atoms with Crippen molar-refractivity contribution in [3.05, 3.63) is 96.1 Å². The largest absolute Gasteiger partial charge is 0.322 e. The van der Waals surface area contributed by atoms with Crippen LogP contribution in [0.4, 0.5) is 0 Å². The van der Waals surface area contributed by atoms with Crippen LogP contribution in [-0.4, -0.2) is 5.84 Å². The number of unbranched alkanes of at least 4 members (excludes halogenated alkanes) is 6. The fourth-order valence-corrected chi connectivity index (χ4v) is 6.73. The normalized spacial score (nSPS) is 21.4. The van der Waals surface area contributed by atoms with Crippen molar-refractivity contribution >= 4 is 17.0 Å². The molecule has 0 amide bonds. The van der Waals surface area contributed by atoms with E-state index in [2.05, 4.69) is 77.8 Å². The van der Waals surface area contributed by atoms with Crippen LogP contribution in [0, 0.1) is 11.3 Å². The molecule has 4 rings (SSSR count). The molecule has 0 bridgehead atoms. The van der Waals surface area contributed by atoms with Crippen LogP contribution >= 0.6 is 0 Å². The summed E-state index contributed by atoms with van der Waals surface area (Å²) in [6, 6.07) is 21.9. The quantitative estimate of drug-likeness (QED) is 0.0662. The molecule has 1 saturated carbocycles. The summed E-state index contributed by atoms with van der Waals surface area (Å²) in [7, 11) is 0. The fourth-order valence-electron chi connectivity index (χ4n) is 6.73.